The first kappa shape index (κ1) is 19.5. The third-order valence-electron chi connectivity index (χ3n) is 4.41. The predicted octanol–water partition coefficient (Wildman–Crippen LogP) is 1.64. The Kier molecular flexibility index (Phi) is 6.23. The molecular weight excluding hydrogens is 348 g/mol. The number of carboxylic acids is 1. The Hall–Kier alpha value is -1.87. The first-order chi connectivity index (χ1) is 11.8. The topological polar surface area (TPSA) is 108 Å². The van der Waals surface area contributed by atoms with E-state index in [1.54, 1.807) is 11.9 Å². The van der Waals surface area contributed by atoms with E-state index < -0.39 is 21.8 Å². The van der Waals surface area contributed by atoms with E-state index in [9.17, 15) is 18.0 Å². The van der Waals surface area contributed by atoms with Crippen molar-refractivity contribution < 1.29 is 27.5 Å². The van der Waals surface area contributed by atoms with Crippen LogP contribution in [0.1, 0.15) is 43.2 Å². The van der Waals surface area contributed by atoms with Gasteiger partial charge in [-0.2, -0.15) is 4.31 Å². The maximum absolute atomic E-state index is 12.5. The van der Waals surface area contributed by atoms with Crippen LogP contribution in [-0.2, 0) is 14.8 Å². The number of unbranched alkanes of at least 4 members (excludes halogenated alkanes) is 1. The molecule has 25 heavy (non-hydrogen) atoms. The van der Waals surface area contributed by atoms with E-state index in [2.05, 4.69) is 6.92 Å². The van der Waals surface area contributed by atoms with Crippen LogP contribution in [0.25, 0.3) is 0 Å². The quantitative estimate of drug-likeness (QED) is 0.779. The minimum absolute atomic E-state index is 0.0525. The van der Waals surface area contributed by atoms with Gasteiger partial charge in [0.25, 0.3) is 10.0 Å². The molecule has 2 rings (SSSR count). The van der Waals surface area contributed by atoms with Crippen molar-refractivity contribution in [1.29, 1.82) is 0 Å². The third-order valence-corrected chi connectivity index (χ3v) is 6.19. The smallest absolute Gasteiger partial charge is 0.371 e. The van der Waals surface area contributed by atoms with Crippen molar-refractivity contribution in [2.75, 3.05) is 26.7 Å². The fourth-order valence-electron chi connectivity index (χ4n) is 2.86. The largest absolute Gasteiger partial charge is 0.475 e. The number of nitrogens with zero attached hydrogens (tertiary/aromatic N) is 2. The standard InChI is InChI=1S/C16H24N2O6S/c1-3-4-9-17(2)15(19)12-7-10-18(11-8-12)25(22,23)14-6-5-13(24-14)16(20)21/h5-6,12H,3-4,7-11H2,1-2H3,(H,20,21). The second-order valence-corrected chi connectivity index (χ2v) is 8.08. The molecule has 0 atom stereocenters. The van der Waals surface area contributed by atoms with Gasteiger partial charge in [0.1, 0.15) is 0 Å². The molecule has 0 bridgehead atoms. The maximum atomic E-state index is 12.5. The van der Waals surface area contributed by atoms with Gasteiger partial charge in [0.15, 0.2) is 0 Å². The van der Waals surface area contributed by atoms with Crippen LogP contribution in [0.15, 0.2) is 21.6 Å². The molecule has 1 N–H and O–H groups in total. The summed E-state index contributed by atoms with van der Waals surface area (Å²) in [6.07, 6.45) is 2.84. The Labute approximate surface area is 147 Å². The van der Waals surface area contributed by atoms with Gasteiger partial charge in [0.05, 0.1) is 0 Å². The number of aromatic carboxylic acids is 1. The maximum Gasteiger partial charge on any atom is 0.371 e. The summed E-state index contributed by atoms with van der Waals surface area (Å²) in [5.41, 5.74) is 0. The lowest BCUT2D eigenvalue weighted by molar-refractivity contribution is -0.135. The molecule has 2 heterocycles. The van der Waals surface area contributed by atoms with Crippen LogP contribution in [0, 0.1) is 5.92 Å². The van der Waals surface area contributed by atoms with Gasteiger partial charge in [-0.3, -0.25) is 4.79 Å². The van der Waals surface area contributed by atoms with E-state index in [0.29, 0.717) is 19.4 Å². The van der Waals surface area contributed by atoms with Crippen molar-refractivity contribution in [2.45, 2.75) is 37.7 Å². The number of amides is 1. The highest BCUT2D eigenvalue weighted by atomic mass is 32.2. The number of hydrogen-bond donors (Lipinski definition) is 1. The summed E-state index contributed by atoms with van der Waals surface area (Å²) in [6.45, 7) is 3.19. The van der Waals surface area contributed by atoms with Gasteiger partial charge >= 0.3 is 5.97 Å². The summed E-state index contributed by atoms with van der Waals surface area (Å²) in [6, 6.07) is 2.27. The number of carboxylic acid groups (broad SMARTS) is 1. The molecule has 8 nitrogen and oxygen atoms in total. The summed E-state index contributed by atoms with van der Waals surface area (Å²) in [5.74, 6) is -1.86. The van der Waals surface area contributed by atoms with Crippen LogP contribution in [0.4, 0.5) is 0 Å². The Morgan fingerprint density at radius 1 is 1.32 bits per heavy atom. The van der Waals surface area contributed by atoms with E-state index in [-0.39, 0.29) is 30.0 Å². The molecule has 1 aromatic rings. The SMILES string of the molecule is CCCCN(C)C(=O)C1CCN(S(=O)(=O)c2ccc(C(=O)O)o2)CC1. The van der Waals surface area contributed by atoms with Crippen LogP contribution in [0.5, 0.6) is 0 Å². The van der Waals surface area contributed by atoms with E-state index in [1.807, 2.05) is 0 Å². The van der Waals surface area contributed by atoms with Crippen molar-refractivity contribution in [1.82, 2.24) is 9.21 Å². The molecule has 0 radical (unpaired) electrons. The number of rotatable bonds is 7. The summed E-state index contributed by atoms with van der Waals surface area (Å²) in [5, 5.41) is 8.46. The van der Waals surface area contributed by atoms with Gasteiger partial charge in [0.2, 0.25) is 16.8 Å². The number of furan rings is 1. The number of piperidine rings is 1. The van der Waals surface area contributed by atoms with Crippen molar-refractivity contribution in [2.24, 2.45) is 5.92 Å². The molecular formula is C16H24N2O6S. The van der Waals surface area contributed by atoms with E-state index in [1.165, 1.54) is 4.31 Å². The molecule has 1 saturated heterocycles. The van der Waals surface area contributed by atoms with Gasteiger partial charge in [-0.15, -0.1) is 0 Å². The van der Waals surface area contributed by atoms with E-state index in [0.717, 1.165) is 25.0 Å². The Bertz CT molecular complexity index is 719. The second-order valence-electron chi connectivity index (χ2n) is 6.22. The first-order valence-corrected chi connectivity index (χ1v) is 9.79. The molecule has 0 aromatic carbocycles. The molecule has 1 aliphatic heterocycles. The highest BCUT2D eigenvalue weighted by molar-refractivity contribution is 7.89. The van der Waals surface area contributed by atoms with Crippen LogP contribution in [0.2, 0.25) is 0 Å². The Morgan fingerprint density at radius 3 is 2.48 bits per heavy atom. The van der Waals surface area contributed by atoms with Crippen molar-refractivity contribution >= 4 is 21.9 Å². The second kappa shape index (κ2) is 8.01. The zero-order chi connectivity index (χ0) is 18.6. The van der Waals surface area contributed by atoms with Crippen molar-refractivity contribution in [3.05, 3.63) is 17.9 Å². The highest BCUT2D eigenvalue weighted by Crippen LogP contribution is 2.26. The molecule has 140 valence electrons. The van der Waals surface area contributed by atoms with Gasteiger partial charge in [-0.05, 0) is 31.4 Å². The molecule has 1 aromatic heterocycles. The zero-order valence-corrected chi connectivity index (χ0v) is 15.3. The molecule has 0 spiro atoms. The summed E-state index contributed by atoms with van der Waals surface area (Å²) in [4.78, 5) is 24.9. The fraction of sp³-hybridized carbons (Fsp3) is 0.625. The Morgan fingerprint density at radius 2 is 1.96 bits per heavy atom. The zero-order valence-electron chi connectivity index (χ0n) is 14.5. The van der Waals surface area contributed by atoms with Crippen molar-refractivity contribution in [3.8, 4) is 0 Å². The number of carbonyl (C=O) groups excluding carboxylic acids is 1. The average Bonchev–Trinajstić information content (AvgIpc) is 3.10. The predicted molar refractivity (Wildman–Crippen MR) is 89.7 cm³/mol. The molecule has 0 aliphatic carbocycles. The number of sulfonamides is 1. The lowest BCUT2D eigenvalue weighted by Gasteiger charge is -2.32. The lowest BCUT2D eigenvalue weighted by Crippen LogP contribution is -2.43. The lowest BCUT2D eigenvalue weighted by atomic mass is 9.96. The normalized spacial score (nSPS) is 16.7. The number of hydrogen-bond acceptors (Lipinski definition) is 5. The van der Waals surface area contributed by atoms with Crippen LogP contribution >= 0.6 is 0 Å². The third kappa shape index (κ3) is 4.40. The van der Waals surface area contributed by atoms with Gasteiger partial charge in [-0.25, -0.2) is 13.2 Å². The van der Waals surface area contributed by atoms with Crippen LogP contribution in [-0.4, -0.2) is 61.3 Å². The van der Waals surface area contributed by atoms with Crippen molar-refractivity contribution in [3.63, 3.8) is 0 Å². The summed E-state index contributed by atoms with van der Waals surface area (Å²) < 4.78 is 31.2. The Balaban J connectivity index is 1.98. The summed E-state index contributed by atoms with van der Waals surface area (Å²) >= 11 is 0. The van der Waals surface area contributed by atoms with Crippen LogP contribution in [0.3, 0.4) is 0 Å². The molecule has 0 unspecified atom stereocenters. The molecule has 1 aliphatic rings. The van der Waals surface area contributed by atoms with Gasteiger partial charge < -0.3 is 14.4 Å². The monoisotopic (exact) mass is 372 g/mol. The molecule has 0 saturated carbocycles. The summed E-state index contributed by atoms with van der Waals surface area (Å²) in [7, 11) is -2.10. The first-order valence-electron chi connectivity index (χ1n) is 8.35. The molecule has 1 amide bonds. The highest BCUT2D eigenvalue weighted by Gasteiger charge is 2.34. The van der Waals surface area contributed by atoms with E-state index >= 15 is 0 Å². The molecule has 9 heteroatoms. The minimum atomic E-state index is -3.88. The van der Waals surface area contributed by atoms with Gasteiger partial charge in [0, 0.05) is 32.6 Å². The average molecular weight is 372 g/mol. The van der Waals surface area contributed by atoms with Gasteiger partial charge in [-0.1, -0.05) is 13.3 Å². The number of carbonyl (C=O) groups is 2. The van der Waals surface area contributed by atoms with E-state index in [4.69, 9.17) is 9.52 Å². The fourth-order valence-corrected chi connectivity index (χ4v) is 4.24. The minimum Gasteiger partial charge on any atom is -0.475 e. The van der Waals surface area contributed by atoms with Crippen LogP contribution < -0.4 is 0 Å². The molecule has 1 fully saturated rings.